The van der Waals surface area contributed by atoms with Crippen LogP contribution in [0.2, 0.25) is 0 Å². The molecule has 2 nitrogen and oxygen atoms in total. The molecule has 0 aliphatic rings. The fraction of sp³-hybridized carbons (Fsp3) is 1.00. The Bertz CT molecular complexity index is 59.0. The maximum absolute atomic E-state index is 5.18. The highest BCUT2D eigenvalue weighted by molar-refractivity contribution is 9.09. The van der Waals surface area contributed by atoms with Gasteiger partial charge in [-0.15, -0.1) is 0 Å². The van der Waals surface area contributed by atoms with Crippen molar-refractivity contribution < 1.29 is 9.47 Å². The van der Waals surface area contributed by atoms with Crippen LogP contribution < -0.4 is 0 Å². The Morgan fingerprint density at radius 1 is 1.56 bits per heavy atom. The first-order chi connectivity index (χ1) is 4.31. The van der Waals surface area contributed by atoms with E-state index >= 15 is 0 Å². The van der Waals surface area contributed by atoms with E-state index in [1.807, 2.05) is 6.92 Å². The van der Waals surface area contributed by atoms with Crippen molar-refractivity contribution >= 4 is 15.9 Å². The average Bonchev–Trinajstić information content (AvgIpc) is 1.89. The number of ether oxygens (including phenoxy) is 2. The summed E-state index contributed by atoms with van der Waals surface area (Å²) in [5.41, 5.74) is 0. The summed E-state index contributed by atoms with van der Waals surface area (Å²) in [5, 5.41) is 0.990. The smallest absolute Gasteiger partial charge is 0.154 e. The summed E-state index contributed by atoms with van der Waals surface area (Å²) in [4.78, 5) is 0. The van der Waals surface area contributed by atoms with E-state index in [0.717, 1.165) is 18.4 Å². The number of hydrogen-bond acceptors (Lipinski definition) is 2. The number of methoxy groups -OCH3 is 1. The summed E-state index contributed by atoms with van der Waals surface area (Å²) >= 11 is 3.30. The monoisotopic (exact) mass is 196 g/mol. The third kappa shape index (κ3) is 6.28. The molecule has 1 atom stereocenters. The molecule has 0 aromatic rings. The minimum Gasteiger partial charge on any atom is -0.356 e. The second-order valence-corrected chi connectivity index (χ2v) is 2.51. The molecule has 3 heteroatoms. The normalized spacial score (nSPS) is 13.7. The molecule has 0 rings (SSSR count). The van der Waals surface area contributed by atoms with Gasteiger partial charge in [-0.25, -0.2) is 0 Å². The van der Waals surface area contributed by atoms with Gasteiger partial charge in [0, 0.05) is 12.4 Å². The number of rotatable bonds is 5. The maximum atomic E-state index is 5.18. The van der Waals surface area contributed by atoms with E-state index in [4.69, 9.17) is 9.47 Å². The maximum Gasteiger partial charge on any atom is 0.154 e. The lowest BCUT2D eigenvalue weighted by atomic mass is 10.5. The van der Waals surface area contributed by atoms with Crippen LogP contribution in [0, 0.1) is 0 Å². The van der Waals surface area contributed by atoms with Crippen molar-refractivity contribution in [3.05, 3.63) is 0 Å². The Balaban J connectivity index is 2.88. The topological polar surface area (TPSA) is 18.5 Å². The largest absolute Gasteiger partial charge is 0.356 e. The summed E-state index contributed by atoms with van der Waals surface area (Å²) < 4.78 is 10.0. The Morgan fingerprint density at radius 2 is 2.22 bits per heavy atom. The lowest BCUT2D eigenvalue weighted by Crippen LogP contribution is -2.11. The molecular formula is C6H13BrO2. The molecule has 0 saturated carbocycles. The van der Waals surface area contributed by atoms with Crippen LogP contribution in [0.3, 0.4) is 0 Å². The first-order valence-corrected chi connectivity index (χ1v) is 4.13. The molecule has 0 aromatic heterocycles. The van der Waals surface area contributed by atoms with Crippen molar-refractivity contribution in [2.75, 3.05) is 19.0 Å². The third-order valence-corrected chi connectivity index (χ3v) is 1.52. The average molecular weight is 197 g/mol. The Hall–Kier alpha value is 0.400. The molecule has 0 radical (unpaired) electrons. The highest BCUT2D eigenvalue weighted by atomic mass is 79.9. The molecule has 0 aliphatic heterocycles. The van der Waals surface area contributed by atoms with Crippen LogP contribution in [0.5, 0.6) is 0 Å². The van der Waals surface area contributed by atoms with Gasteiger partial charge in [0.15, 0.2) is 6.29 Å². The quantitative estimate of drug-likeness (QED) is 0.380. The van der Waals surface area contributed by atoms with Crippen molar-refractivity contribution in [2.45, 2.75) is 19.6 Å². The summed E-state index contributed by atoms with van der Waals surface area (Å²) in [6, 6.07) is 0. The minimum atomic E-state index is -0.0657. The van der Waals surface area contributed by atoms with Crippen LogP contribution >= 0.6 is 15.9 Å². The molecule has 0 amide bonds. The van der Waals surface area contributed by atoms with Crippen molar-refractivity contribution in [1.82, 2.24) is 0 Å². The van der Waals surface area contributed by atoms with Crippen LogP contribution in [0.25, 0.3) is 0 Å². The summed E-state index contributed by atoms with van der Waals surface area (Å²) in [6.07, 6.45) is 0.970. The van der Waals surface area contributed by atoms with Gasteiger partial charge in [-0.05, 0) is 13.3 Å². The molecule has 0 fully saturated rings. The number of alkyl halides is 1. The van der Waals surface area contributed by atoms with Crippen LogP contribution in [-0.4, -0.2) is 25.3 Å². The van der Waals surface area contributed by atoms with Gasteiger partial charge in [-0.1, -0.05) is 15.9 Å². The van der Waals surface area contributed by atoms with E-state index in [1.54, 1.807) is 7.11 Å². The molecule has 56 valence electrons. The Morgan fingerprint density at radius 3 is 2.67 bits per heavy atom. The first-order valence-electron chi connectivity index (χ1n) is 3.01. The summed E-state index contributed by atoms with van der Waals surface area (Å²) in [5.74, 6) is 0. The zero-order chi connectivity index (χ0) is 7.11. The molecule has 1 unspecified atom stereocenters. The SMILES string of the molecule is COC(C)OCCCBr. The molecule has 0 spiro atoms. The zero-order valence-corrected chi connectivity index (χ0v) is 7.48. The molecule has 0 N–H and O–H groups in total. The standard InChI is InChI=1S/C6H13BrO2/c1-6(8-2)9-5-3-4-7/h6H,3-5H2,1-2H3. The summed E-state index contributed by atoms with van der Waals surface area (Å²) in [6.45, 7) is 2.65. The molecule has 0 saturated heterocycles. The number of hydrogen-bond donors (Lipinski definition) is 0. The van der Waals surface area contributed by atoms with E-state index in [1.165, 1.54) is 0 Å². The van der Waals surface area contributed by atoms with Crippen LogP contribution in [0.15, 0.2) is 0 Å². The van der Waals surface area contributed by atoms with Crippen molar-refractivity contribution in [2.24, 2.45) is 0 Å². The van der Waals surface area contributed by atoms with Gasteiger partial charge < -0.3 is 9.47 Å². The van der Waals surface area contributed by atoms with Crippen LogP contribution in [0.1, 0.15) is 13.3 Å². The summed E-state index contributed by atoms with van der Waals surface area (Å²) in [7, 11) is 1.64. The second-order valence-electron chi connectivity index (χ2n) is 1.72. The lowest BCUT2D eigenvalue weighted by molar-refractivity contribution is -0.110. The van der Waals surface area contributed by atoms with Gasteiger partial charge in [0.05, 0.1) is 6.61 Å². The molecule has 0 aromatic carbocycles. The number of halogens is 1. The van der Waals surface area contributed by atoms with E-state index in [0.29, 0.717) is 0 Å². The van der Waals surface area contributed by atoms with E-state index in [2.05, 4.69) is 15.9 Å². The second kappa shape index (κ2) is 6.52. The van der Waals surface area contributed by atoms with Crippen LogP contribution in [-0.2, 0) is 9.47 Å². The van der Waals surface area contributed by atoms with Crippen molar-refractivity contribution in [1.29, 1.82) is 0 Å². The Kier molecular flexibility index (Phi) is 6.81. The van der Waals surface area contributed by atoms with Crippen molar-refractivity contribution in [3.8, 4) is 0 Å². The van der Waals surface area contributed by atoms with E-state index in [-0.39, 0.29) is 6.29 Å². The van der Waals surface area contributed by atoms with Crippen molar-refractivity contribution in [3.63, 3.8) is 0 Å². The predicted octanol–water partition coefficient (Wildman–Crippen LogP) is 1.78. The molecule has 0 aliphatic carbocycles. The third-order valence-electron chi connectivity index (χ3n) is 0.962. The van der Waals surface area contributed by atoms with E-state index in [9.17, 15) is 0 Å². The zero-order valence-electron chi connectivity index (χ0n) is 5.89. The van der Waals surface area contributed by atoms with Gasteiger partial charge in [0.25, 0.3) is 0 Å². The highest BCUT2D eigenvalue weighted by Crippen LogP contribution is 1.94. The predicted molar refractivity (Wildman–Crippen MR) is 40.8 cm³/mol. The van der Waals surface area contributed by atoms with E-state index < -0.39 is 0 Å². The Labute approximate surface area is 64.7 Å². The highest BCUT2D eigenvalue weighted by Gasteiger charge is 1.95. The molecule has 0 bridgehead atoms. The molecular weight excluding hydrogens is 184 g/mol. The fourth-order valence-electron chi connectivity index (χ4n) is 0.372. The van der Waals surface area contributed by atoms with Gasteiger partial charge >= 0.3 is 0 Å². The molecule has 0 heterocycles. The van der Waals surface area contributed by atoms with Gasteiger partial charge in [0.1, 0.15) is 0 Å². The first kappa shape index (κ1) is 9.40. The minimum absolute atomic E-state index is 0.0657. The lowest BCUT2D eigenvalue weighted by Gasteiger charge is -2.08. The van der Waals surface area contributed by atoms with Gasteiger partial charge in [-0.3, -0.25) is 0 Å². The molecule has 9 heavy (non-hydrogen) atoms. The van der Waals surface area contributed by atoms with Crippen LogP contribution in [0.4, 0.5) is 0 Å². The van der Waals surface area contributed by atoms with Gasteiger partial charge in [-0.2, -0.15) is 0 Å². The fourth-order valence-corrected chi connectivity index (χ4v) is 0.601. The van der Waals surface area contributed by atoms with Gasteiger partial charge in [0.2, 0.25) is 0 Å².